The third kappa shape index (κ3) is 3.83. The van der Waals surface area contributed by atoms with Crippen molar-refractivity contribution in [2.45, 2.75) is 31.7 Å². The Labute approximate surface area is 153 Å². The molecule has 0 aliphatic carbocycles. The fraction of sp³-hybridized carbons (Fsp3) is 0.250. The van der Waals surface area contributed by atoms with Gasteiger partial charge in [-0.1, -0.05) is 30.0 Å². The number of hydrogen-bond acceptors (Lipinski definition) is 7. The number of nitrogen functional groups attached to an aromatic ring is 1. The third-order valence-electron chi connectivity index (χ3n) is 3.54. The van der Waals surface area contributed by atoms with Crippen molar-refractivity contribution >= 4 is 45.8 Å². The average molecular weight is 374 g/mol. The Hall–Kier alpha value is -2.39. The smallest absolute Gasteiger partial charge is 0.230 e. The van der Waals surface area contributed by atoms with Gasteiger partial charge in [-0.2, -0.15) is 4.98 Å². The molecule has 0 saturated heterocycles. The number of hydrogen-bond donors (Lipinski definition) is 2. The first-order valence-electron chi connectivity index (χ1n) is 7.57. The molecule has 0 aliphatic heterocycles. The summed E-state index contributed by atoms with van der Waals surface area (Å²) in [5, 5.41) is 9.77. The molecule has 3 N–H and O–H groups in total. The maximum Gasteiger partial charge on any atom is 0.230 e. The minimum absolute atomic E-state index is 0.0623. The Kier molecular flexibility index (Phi) is 5.05. The lowest BCUT2D eigenvalue weighted by Gasteiger charge is -2.22. The first-order valence-corrected chi connectivity index (χ1v) is 9.44. The van der Waals surface area contributed by atoms with Crippen molar-refractivity contribution in [3.63, 3.8) is 0 Å². The lowest BCUT2D eigenvalue weighted by Crippen LogP contribution is -2.24. The Morgan fingerprint density at radius 1 is 1.32 bits per heavy atom. The van der Waals surface area contributed by atoms with E-state index in [1.165, 1.54) is 23.1 Å². The minimum atomic E-state index is -0.0623. The van der Waals surface area contributed by atoms with E-state index >= 15 is 0 Å². The molecule has 2 aromatic heterocycles. The number of nitrogens with two attached hydrogens (primary N) is 1. The van der Waals surface area contributed by atoms with E-state index in [1.807, 2.05) is 37.4 Å². The molecule has 0 atom stereocenters. The monoisotopic (exact) mass is 374 g/mol. The zero-order chi connectivity index (χ0) is 18.0. The van der Waals surface area contributed by atoms with E-state index in [0.29, 0.717) is 22.0 Å². The van der Waals surface area contributed by atoms with Crippen molar-refractivity contribution in [2.24, 2.45) is 0 Å². The number of benzene rings is 1. The Morgan fingerprint density at radius 3 is 2.64 bits per heavy atom. The number of rotatable bonds is 5. The van der Waals surface area contributed by atoms with Gasteiger partial charge in [0.05, 0.1) is 11.4 Å². The quantitative estimate of drug-likeness (QED) is 0.664. The minimum Gasteiger partial charge on any atom is -0.368 e. The second-order valence-electron chi connectivity index (χ2n) is 5.51. The second-order valence-corrected chi connectivity index (χ2v) is 7.29. The molecule has 7 nitrogen and oxygen atoms in total. The van der Waals surface area contributed by atoms with Crippen LogP contribution in [0.2, 0.25) is 0 Å². The first-order chi connectivity index (χ1) is 12.0. The molecule has 0 fully saturated rings. The van der Waals surface area contributed by atoms with Gasteiger partial charge in [0.2, 0.25) is 17.0 Å². The number of anilines is 3. The number of nitrogens with zero attached hydrogens (tertiary/aromatic N) is 4. The summed E-state index contributed by atoms with van der Waals surface area (Å²) in [7, 11) is 0. The SMILES string of the molecule is CC(=O)N(c1nc(CSc2n[nH]c(N)n2)cs1)c1c(C)cccc1C. The highest BCUT2D eigenvalue weighted by molar-refractivity contribution is 7.98. The van der Waals surface area contributed by atoms with Crippen LogP contribution in [0.5, 0.6) is 0 Å². The molecule has 1 aromatic carbocycles. The molecular formula is C16H18N6OS2. The molecule has 2 heterocycles. The Morgan fingerprint density at radius 2 is 2.04 bits per heavy atom. The Balaban J connectivity index is 1.84. The van der Waals surface area contributed by atoms with Crippen molar-refractivity contribution in [1.29, 1.82) is 0 Å². The van der Waals surface area contributed by atoms with E-state index in [2.05, 4.69) is 20.2 Å². The summed E-state index contributed by atoms with van der Waals surface area (Å²) >= 11 is 2.88. The van der Waals surface area contributed by atoms with Crippen LogP contribution >= 0.6 is 23.1 Å². The van der Waals surface area contributed by atoms with Gasteiger partial charge >= 0.3 is 0 Å². The van der Waals surface area contributed by atoms with Gasteiger partial charge in [0.25, 0.3) is 0 Å². The fourth-order valence-electron chi connectivity index (χ4n) is 2.47. The van der Waals surface area contributed by atoms with E-state index in [9.17, 15) is 4.79 Å². The van der Waals surface area contributed by atoms with Crippen LogP contribution in [0.15, 0.2) is 28.7 Å². The lowest BCUT2D eigenvalue weighted by molar-refractivity contribution is -0.115. The van der Waals surface area contributed by atoms with Crippen LogP contribution < -0.4 is 10.6 Å². The van der Waals surface area contributed by atoms with Crippen molar-refractivity contribution in [1.82, 2.24) is 20.2 Å². The zero-order valence-corrected chi connectivity index (χ0v) is 15.7. The average Bonchev–Trinajstić information content (AvgIpc) is 3.17. The van der Waals surface area contributed by atoms with E-state index in [0.717, 1.165) is 22.5 Å². The molecule has 0 radical (unpaired) electrons. The molecule has 0 unspecified atom stereocenters. The molecule has 0 saturated carbocycles. The van der Waals surface area contributed by atoms with Crippen molar-refractivity contribution in [2.75, 3.05) is 10.6 Å². The van der Waals surface area contributed by atoms with Crippen LogP contribution in [0.4, 0.5) is 16.8 Å². The largest absolute Gasteiger partial charge is 0.368 e. The van der Waals surface area contributed by atoms with Gasteiger partial charge in [0.15, 0.2) is 5.13 Å². The molecule has 0 bridgehead atoms. The summed E-state index contributed by atoms with van der Waals surface area (Å²) in [5.41, 5.74) is 9.36. The molecule has 3 aromatic rings. The van der Waals surface area contributed by atoms with Gasteiger partial charge in [-0.05, 0) is 25.0 Å². The predicted molar refractivity (Wildman–Crippen MR) is 101 cm³/mol. The third-order valence-corrected chi connectivity index (χ3v) is 5.30. The van der Waals surface area contributed by atoms with E-state index in [-0.39, 0.29) is 5.91 Å². The van der Waals surface area contributed by atoms with Gasteiger partial charge < -0.3 is 5.73 Å². The van der Waals surface area contributed by atoms with Gasteiger partial charge in [0.1, 0.15) is 0 Å². The van der Waals surface area contributed by atoms with Gasteiger partial charge in [-0.3, -0.25) is 9.69 Å². The van der Waals surface area contributed by atoms with Gasteiger partial charge in [0, 0.05) is 18.1 Å². The van der Waals surface area contributed by atoms with Crippen LogP contribution in [-0.4, -0.2) is 26.1 Å². The number of thiazole rings is 1. The van der Waals surface area contributed by atoms with E-state index < -0.39 is 0 Å². The number of amides is 1. The number of nitrogens with one attached hydrogen (secondary N) is 1. The highest BCUT2D eigenvalue weighted by Crippen LogP contribution is 2.34. The maximum absolute atomic E-state index is 12.3. The fourth-order valence-corrected chi connectivity index (χ4v) is 4.15. The molecule has 0 spiro atoms. The summed E-state index contributed by atoms with van der Waals surface area (Å²) in [4.78, 5) is 22.6. The van der Waals surface area contributed by atoms with E-state index in [1.54, 1.807) is 11.8 Å². The second kappa shape index (κ2) is 7.24. The lowest BCUT2D eigenvalue weighted by atomic mass is 10.1. The zero-order valence-electron chi connectivity index (χ0n) is 14.1. The highest BCUT2D eigenvalue weighted by atomic mass is 32.2. The van der Waals surface area contributed by atoms with Crippen molar-refractivity contribution in [3.8, 4) is 0 Å². The Bertz CT molecular complexity index is 883. The van der Waals surface area contributed by atoms with Crippen molar-refractivity contribution in [3.05, 3.63) is 40.4 Å². The highest BCUT2D eigenvalue weighted by Gasteiger charge is 2.21. The molecule has 130 valence electrons. The van der Waals surface area contributed by atoms with Crippen molar-refractivity contribution < 1.29 is 4.79 Å². The summed E-state index contributed by atoms with van der Waals surface area (Å²) in [5.74, 6) is 0.832. The van der Waals surface area contributed by atoms with Crippen LogP contribution in [0.25, 0.3) is 0 Å². The number of H-pyrrole nitrogens is 1. The number of aryl methyl sites for hydroxylation is 2. The molecule has 0 aliphatic rings. The standard InChI is InChI=1S/C16H18N6OS2/c1-9-5-4-6-10(2)13(9)22(11(3)23)16-18-12(8-25-16)7-24-15-19-14(17)20-21-15/h4-6,8H,7H2,1-3H3,(H3,17,19,20,21). The number of para-hydroxylation sites is 1. The molecule has 25 heavy (non-hydrogen) atoms. The molecule has 3 rings (SSSR count). The molecule has 9 heteroatoms. The number of thioether (sulfide) groups is 1. The van der Waals surface area contributed by atoms with Crippen LogP contribution in [0.1, 0.15) is 23.7 Å². The predicted octanol–water partition coefficient (Wildman–Crippen LogP) is 3.44. The summed E-state index contributed by atoms with van der Waals surface area (Å²) in [6.45, 7) is 5.55. The summed E-state index contributed by atoms with van der Waals surface area (Å²) < 4.78 is 0. The normalized spacial score (nSPS) is 10.8. The number of carbonyl (C=O) groups is 1. The topological polar surface area (TPSA) is 101 Å². The summed E-state index contributed by atoms with van der Waals surface area (Å²) in [6, 6.07) is 5.98. The number of aromatic nitrogens is 4. The van der Waals surface area contributed by atoms with Gasteiger partial charge in [-0.15, -0.1) is 16.4 Å². The first kappa shape index (κ1) is 17.4. The van der Waals surface area contributed by atoms with Crippen LogP contribution in [-0.2, 0) is 10.5 Å². The van der Waals surface area contributed by atoms with E-state index in [4.69, 9.17) is 5.73 Å². The summed E-state index contributed by atoms with van der Waals surface area (Å²) in [6.07, 6.45) is 0. The van der Waals surface area contributed by atoms with Gasteiger partial charge in [-0.25, -0.2) is 10.1 Å². The molecule has 1 amide bonds. The molecular weight excluding hydrogens is 356 g/mol. The number of carbonyl (C=O) groups excluding carboxylic acids is 1. The number of aromatic amines is 1. The van der Waals surface area contributed by atoms with Crippen LogP contribution in [0.3, 0.4) is 0 Å². The maximum atomic E-state index is 12.3. The van der Waals surface area contributed by atoms with Crippen LogP contribution in [0, 0.1) is 13.8 Å².